The number of nitrogens with one attached hydrogen (secondary N) is 1. The standard InChI is InChI=1S/C29H32N4O5S/c1-5-38-25-13-9-12-23(18-25)32-19-27(22-10-7-6-8-11-22)30-29(32)31-28(34)20-33(21(2)3)39(35,36)26-16-14-24(37-4)15-17-26/h6-19,21H,5,20H2,1-4H3,(H,30,31,34). The molecule has 9 nitrogen and oxygen atoms in total. The van der Waals surface area contributed by atoms with E-state index in [1.807, 2.05) is 67.7 Å². The Hall–Kier alpha value is -4.15. The summed E-state index contributed by atoms with van der Waals surface area (Å²) in [6, 6.07) is 22.6. The first-order valence-corrected chi connectivity index (χ1v) is 14.0. The van der Waals surface area contributed by atoms with Crippen molar-refractivity contribution in [3.05, 3.63) is 85.1 Å². The van der Waals surface area contributed by atoms with Crippen molar-refractivity contribution >= 4 is 21.9 Å². The molecule has 0 radical (unpaired) electrons. The van der Waals surface area contributed by atoms with Gasteiger partial charge in [-0.2, -0.15) is 4.31 Å². The number of carbonyl (C=O) groups is 1. The van der Waals surface area contributed by atoms with E-state index in [0.29, 0.717) is 23.8 Å². The molecule has 204 valence electrons. The summed E-state index contributed by atoms with van der Waals surface area (Å²) in [5.74, 6) is 0.960. The lowest BCUT2D eigenvalue weighted by Gasteiger charge is -2.25. The van der Waals surface area contributed by atoms with Gasteiger partial charge in [0.15, 0.2) is 0 Å². The first-order chi connectivity index (χ1) is 18.7. The minimum atomic E-state index is -3.95. The molecule has 3 aromatic carbocycles. The van der Waals surface area contributed by atoms with Crippen molar-refractivity contribution in [2.75, 3.05) is 25.6 Å². The maximum Gasteiger partial charge on any atom is 0.243 e. The number of methoxy groups -OCH3 is 1. The van der Waals surface area contributed by atoms with E-state index in [1.54, 1.807) is 30.5 Å². The molecule has 0 aliphatic rings. The van der Waals surface area contributed by atoms with Crippen molar-refractivity contribution in [1.82, 2.24) is 13.9 Å². The van der Waals surface area contributed by atoms with E-state index in [4.69, 9.17) is 9.47 Å². The van der Waals surface area contributed by atoms with E-state index in [9.17, 15) is 13.2 Å². The van der Waals surface area contributed by atoms with Crippen molar-refractivity contribution in [2.45, 2.75) is 31.7 Å². The van der Waals surface area contributed by atoms with Gasteiger partial charge in [0.1, 0.15) is 11.5 Å². The lowest BCUT2D eigenvalue weighted by molar-refractivity contribution is -0.116. The van der Waals surface area contributed by atoms with Gasteiger partial charge < -0.3 is 9.47 Å². The van der Waals surface area contributed by atoms with E-state index in [2.05, 4.69) is 10.3 Å². The summed E-state index contributed by atoms with van der Waals surface area (Å²) in [6.07, 6.45) is 1.82. The molecular weight excluding hydrogens is 516 g/mol. The SMILES string of the molecule is CCOc1cccc(-n2cc(-c3ccccc3)nc2NC(=O)CN(C(C)C)S(=O)(=O)c2ccc(OC)cc2)c1. The third kappa shape index (κ3) is 6.47. The molecule has 0 saturated heterocycles. The Morgan fingerprint density at radius 2 is 1.72 bits per heavy atom. The molecule has 1 amide bonds. The number of sulfonamides is 1. The van der Waals surface area contributed by atoms with E-state index >= 15 is 0 Å². The second kappa shape index (κ2) is 12.1. The molecule has 10 heteroatoms. The average Bonchev–Trinajstić information content (AvgIpc) is 3.36. The van der Waals surface area contributed by atoms with Crippen LogP contribution in [0.4, 0.5) is 5.95 Å². The third-order valence-electron chi connectivity index (χ3n) is 5.97. The smallest absolute Gasteiger partial charge is 0.243 e. The van der Waals surface area contributed by atoms with Crippen LogP contribution in [0.15, 0.2) is 90.0 Å². The summed E-state index contributed by atoms with van der Waals surface area (Å²) >= 11 is 0. The highest BCUT2D eigenvalue weighted by Crippen LogP contribution is 2.27. The van der Waals surface area contributed by atoms with Crippen LogP contribution in [0, 0.1) is 0 Å². The molecule has 1 N–H and O–H groups in total. The van der Waals surface area contributed by atoms with Gasteiger partial charge in [-0.05, 0) is 57.2 Å². The maximum atomic E-state index is 13.4. The molecule has 0 bridgehead atoms. The Kier molecular flexibility index (Phi) is 8.68. The number of aromatic nitrogens is 2. The van der Waals surface area contributed by atoms with Crippen molar-refractivity contribution in [3.8, 4) is 28.4 Å². The fourth-order valence-electron chi connectivity index (χ4n) is 4.04. The van der Waals surface area contributed by atoms with E-state index in [1.165, 1.54) is 19.2 Å². The molecule has 39 heavy (non-hydrogen) atoms. The summed E-state index contributed by atoms with van der Waals surface area (Å²) in [7, 11) is -2.44. The van der Waals surface area contributed by atoms with Crippen LogP contribution in [-0.4, -0.2) is 54.5 Å². The van der Waals surface area contributed by atoms with Gasteiger partial charge in [0, 0.05) is 23.9 Å². The Bertz CT molecular complexity index is 1520. The molecule has 0 fully saturated rings. The van der Waals surface area contributed by atoms with Gasteiger partial charge in [-0.1, -0.05) is 36.4 Å². The minimum Gasteiger partial charge on any atom is -0.497 e. The Morgan fingerprint density at radius 1 is 1.00 bits per heavy atom. The lowest BCUT2D eigenvalue weighted by atomic mass is 10.2. The van der Waals surface area contributed by atoms with Crippen LogP contribution in [0.25, 0.3) is 16.9 Å². The summed E-state index contributed by atoms with van der Waals surface area (Å²) in [6.45, 7) is 5.48. The van der Waals surface area contributed by atoms with Crippen LogP contribution in [0.3, 0.4) is 0 Å². The highest BCUT2D eigenvalue weighted by Gasteiger charge is 2.29. The van der Waals surface area contributed by atoms with Crippen LogP contribution in [0.1, 0.15) is 20.8 Å². The topological polar surface area (TPSA) is 103 Å². The van der Waals surface area contributed by atoms with Crippen molar-refractivity contribution in [2.24, 2.45) is 0 Å². The van der Waals surface area contributed by atoms with E-state index < -0.39 is 28.5 Å². The molecule has 0 unspecified atom stereocenters. The number of hydrogen-bond acceptors (Lipinski definition) is 6. The summed E-state index contributed by atoms with van der Waals surface area (Å²) in [5.41, 5.74) is 2.26. The van der Waals surface area contributed by atoms with Crippen LogP contribution in [0.5, 0.6) is 11.5 Å². The van der Waals surface area contributed by atoms with Gasteiger partial charge in [0.2, 0.25) is 21.9 Å². The normalized spacial score (nSPS) is 11.5. The quantitative estimate of drug-likeness (QED) is 0.284. The zero-order chi connectivity index (χ0) is 28.0. The van der Waals surface area contributed by atoms with Gasteiger partial charge in [0.25, 0.3) is 0 Å². The molecule has 0 atom stereocenters. The van der Waals surface area contributed by atoms with Crippen LogP contribution >= 0.6 is 0 Å². The van der Waals surface area contributed by atoms with Crippen molar-refractivity contribution in [1.29, 1.82) is 0 Å². The molecule has 0 saturated carbocycles. The Labute approximate surface area is 229 Å². The monoisotopic (exact) mass is 548 g/mol. The van der Waals surface area contributed by atoms with Crippen LogP contribution < -0.4 is 14.8 Å². The number of ether oxygens (including phenoxy) is 2. The number of amides is 1. The summed E-state index contributed by atoms with van der Waals surface area (Å²) < 4.78 is 40.5. The zero-order valence-electron chi connectivity index (χ0n) is 22.4. The molecule has 0 aliphatic carbocycles. The molecule has 1 aromatic heterocycles. The second-order valence-corrected chi connectivity index (χ2v) is 10.9. The van der Waals surface area contributed by atoms with Crippen molar-refractivity contribution < 1.29 is 22.7 Å². The molecule has 4 rings (SSSR count). The Morgan fingerprint density at radius 3 is 2.36 bits per heavy atom. The Balaban J connectivity index is 1.65. The minimum absolute atomic E-state index is 0.0744. The summed E-state index contributed by atoms with van der Waals surface area (Å²) in [4.78, 5) is 18.0. The highest BCUT2D eigenvalue weighted by molar-refractivity contribution is 7.89. The zero-order valence-corrected chi connectivity index (χ0v) is 23.2. The van der Waals surface area contributed by atoms with Gasteiger partial charge in [-0.15, -0.1) is 0 Å². The van der Waals surface area contributed by atoms with Gasteiger partial charge in [0.05, 0.1) is 36.5 Å². The molecule has 0 aliphatic heterocycles. The predicted molar refractivity (Wildman–Crippen MR) is 151 cm³/mol. The fraction of sp³-hybridized carbons (Fsp3) is 0.241. The molecule has 1 heterocycles. The first kappa shape index (κ1) is 27.9. The number of hydrogen-bond donors (Lipinski definition) is 1. The average molecular weight is 549 g/mol. The largest absolute Gasteiger partial charge is 0.497 e. The third-order valence-corrected chi connectivity index (χ3v) is 8.01. The van der Waals surface area contributed by atoms with Crippen LogP contribution in [0.2, 0.25) is 0 Å². The van der Waals surface area contributed by atoms with Crippen LogP contribution in [-0.2, 0) is 14.8 Å². The van der Waals surface area contributed by atoms with Gasteiger partial charge in [-0.3, -0.25) is 14.7 Å². The number of anilines is 1. The summed E-state index contributed by atoms with van der Waals surface area (Å²) in [5, 5.41) is 2.82. The number of benzene rings is 3. The van der Waals surface area contributed by atoms with E-state index in [-0.39, 0.29) is 10.8 Å². The molecular formula is C29H32N4O5S. The first-order valence-electron chi connectivity index (χ1n) is 12.6. The van der Waals surface area contributed by atoms with E-state index in [0.717, 1.165) is 15.6 Å². The maximum absolute atomic E-state index is 13.4. The second-order valence-electron chi connectivity index (χ2n) is 8.98. The highest BCUT2D eigenvalue weighted by atomic mass is 32.2. The number of imidazole rings is 1. The fourth-order valence-corrected chi connectivity index (χ4v) is 5.63. The van der Waals surface area contributed by atoms with Crippen molar-refractivity contribution in [3.63, 3.8) is 0 Å². The number of carbonyl (C=O) groups excluding carboxylic acids is 1. The predicted octanol–water partition coefficient (Wildman–Crippen LogP) is 4.98. The number of rotatable bonds is 11. The van der Waals surface area contributed by atoms with Gasteiger partial charge in [-0.25, -0.2) is 13.4 Å². The van der Waals surface area contributed by atoms with Gasteiger partial charge >= 0.3 is 0 Å². The number of nitrogens with zero attached hydrogens (tertiary/aromatic N) is 3. The molecule has 4 aromatic rings. The molecule has 0 spiro atoms. The lowest BCUT2D eigenvalue weighted by Crippen LogP contribution is -2.42.